The Kier molecular flexibility index (Phi) is 4.78. The second-order valence-electron chi connectivity index (χ2n) is 8.95. The molecule has 0 aliphatic heterocycles. The first-order chi connectivity index (χ1) is 17.8. The zero-order valence-corrected chi connectivity index (χ0v) is 19.5. The first-order valence-corrected chi connectivity index (χ1v) is 12.0. The molecule has 3 nitrogen and oxygen atoms in total. The number of hydrogen-bond acceptors (Lipinski definition) is 3. The molecule has 0 spiro atoms. The number of fused-ring (bicyclic) bond motifs is 3. The Morgan fingerprint density at radius 1 is 0.417 bits per heavy atom. The van der Waals surface area contributed by atoms with E-state index in [2.05, 4.69) is 108 Å². The maximum absolute atomic E-state index is 5.07. The molecule has 0 aliphatic rings. The standard InChI is InChI=1S/C33H21N3/c1-2-9-25-20-30-26(19-24(25)8-1)11-6-14-29(30)32-21-31(35-33(36-32)23-15-17-34-18-16-23)28-13-5-10-22-7-3-4-12-27(22)28/h1-21H. The SMILES string of the molecule is c1ccc2cc3c(-c4cc(-c5cccc6ccccc56)nc(-c5ccncc5)n4)cccc3cc2c1. The molecule has 0 bridgehead atoms. The monoisotopic (exact) mass is 459 g/mol. The van der Waals surface area contributed by atoms with Gasteiger partial charge in [-0.05, 0) is 62.6 Å². The van der Waals surface area contributed by atoms with Crippen molar-refractivity contribution in [1.29, 1.82) is 0 Å². The molecule has 0 radical (unpaired) electrons. The molecular formula is C33H21N3. The third-order valence-electron chi connectivity index (χ3n) is 6.75. The molecule has 3 heteroatoms. The van der Waals surface area contributed by atoms with Gasteiger partial charge in [0, 0.05) is 29.1 Å². The van der Waals surface area contributed by atoms with Crippen LogP contribution in [0.2, 0.25) is 0 Å². The van der Waals surface area contributed by atoms with Crippen LogP contribution < -0.4 is 0 Å². The van der Waals surface area contributed by atoms with E-state index in [4.69, 9.17) is 9.97 Å². The Labute approximate surface area is 208 Å². The summed E-state index contributed by atoms with van der Waals surface area (Å²) in [6.45, 7) is 0. The van der Waals surface area contributed by atoms with Crippen molar-refractivity contribution in [2.24, 2.45) is 0 Å². The Bertz CT molecular complexity index is 1890. The normalized spacial score (nSPS) is 11.3. The molecule has 0 saturated carbocycles. The fraction of sp³-hybridized carbons (Fsp3) is 0. The first kappa shape index (κ1) is 20.5. The third-order valence-corrected chi connectivity index (χ3v) is 6.75. The summed E-state index contributed by atoms with van der Waals surface area (Å²) >= 11 is 0. The highest BCUT2D eigenvalue weighted by molar-refractivity contribution is 6.05. The van der Waals surface area contributed by atoms with Crippen molar-refractivity contribution in [3.63, 3.8) is 0 Å². The lowest BCUT2D eigenvalue weighted by Gasteiger charge is -2.13. The molecule has 7 aromatic rings. The van der Waals surface area contributed by atoms with Crippen molar-refractivity contribution >= 4 is 32.3 Å². The lowest BCUT2D eigenvalue weighted by molar-refractivity contribution is 1.18. The molecule has 7 rings (SSSR count). The minimum Gasteiger partial charge on any atom is -0.265 e. The van der Waals surface area contributed by atoms with E-state index in [0.29, 0.717) is 5.82 Å². The number of pyridine rings is 1. The van der Waals surface area contributed by atoms with Gasteiger partial charge in [0.2, 0.25) is 0 Å². The summed E-state index contributed by atoms with van der Waals surface area (Å²) < 4.78 is 0. The largest absolute Gasteiger partial charge is 0.265 e. The fourth-order valence-corrected chi connectivity index (χ4v) is 4.99. The van der Waals surface area contributed by atoms with Gasteiger partial charge < -0.3 is 0 Å². The van der Waals surface area contributed by atoms with E-state index in [-0.39, 0.29) is 0 Å². The van der Waals surface area contributed by atoms with Crippen LogP contribution in [0.15, 0.2) is 128 Å². The molecule has 2 aromatic heterocycles. The van der Waals surface area contributed by atoms with Crippen LogP contribution in [0.25, 0.3) is 66.2 Å². The van der Waals surface area contributed by atoms with Crippen LogP contribution in [0.4, 0.5) is 0 Å². The van der Waals surface area contributed by atoms with Gasteiger partial charge in [0.05, 0.1) is 11.4 Å². The van der Waals surface area contributed by atoms with E-state index in [9.17, 15) is 0 Å². The van der Waals surface area contributed by atoms with Gasteiger partial charge in [0.25, 0.3) is 0 Å². The van der Waals surface area contributed by atoms with Gasteiger partial charge in [-0.2, -0.15) is 0 Å². The Morgan fingerprint density at radius 3 is 1.75 bits per heavy atom. The summed E-state index contributed by atoms with van der Waals surface area (Å²) in [5.41, 5.74) is 4.94. The van der Waals surface area contributed by atoms with Gasteiger partial charge >= 0.3 is 0 Å². The average molecular weight is 460 g/mol. The van der Waals surface area contributed by atoms with Crippen LogP contribution in [-0.2, 0) is 0 Å². The Balaban J connectivity index is 1.52. The zero-order valence-electron chi connectivity index (χ0n) is 19.5. The van der Waals surface area contributed by atoms with Gasteiger partial charge in [-0.25, -0.2) is 9.97 Å². The number of hydrogen-bond donors (Lipinski definition) is 0. The van der Waals surface area contributed by atoms with Crippen LogP contribution in [0, 0.1) is 0 Å². The molecule has 0 fully saturated rings. The Hall–Kier alpha value is -4.89. The van der Waals surface area contributed by atoms with E-state index in [1.165, 1.54) is 32.3 Å². The van der Waals surface area contributed by atoms with Crippen LogP contribution in [0.1, 0.15) is 0 Å². The molecule has 0 aliphatic carbocycles. The second-order valence-corrected chi connectivity index (χ2v) is 8.95. The van der Waals surface area contributed by atoms with E-state index >= 15 is 0 Å². The maximum atomic E-state index is 5.07. The summed E-state index contributed by atoms with van der Waals surface area (Å²) in [5, 5.41) is 7.20. The summed E-state index contributed by atoms with van der Waals surface area (Å²) in [4.78, 5) is 14.3. The summed E-state index contributed by atoms with van der Waals surface area (Å²) in [5.74, 6) is 0.690. The lowest BCUT2D eigenvalue weighted by atomic mass is 9.96. The maximum Gasteiger partial charge on any atom is 0.160 e. The molecule has 0 atom stereocenters. The van der Waals surface area contributed by atoms with Gasteiger partial charge in [-0.3, -0.25) is 4.98 Å². The molecule has 0 N–H and O–H groups in total. The van der Waals surface area contributed by atoms with Crippen LogP contribution in [0.3, 0.4) is 0 Å². The number of nitrogens with zero attached hydrogens (tertiary/aromatic N) is 3. The highest BCUT2D eigenvalue weighted by atomic mass is 14.9. The lowest BCUT2D eigenvalue weighted by Crippen LogP contribution is -1.97. The fourth-order valence-electron chi connectivity index (χ4n) is 4.99. The molecule has 5 aromatic carbocycles. The van der Waals surface area contributed by atoms with Crippen LogP contribution >= 0.6 is 0 Å². The second kappa shape index (κ2) is 8.40. The van der Waals surface area contributed by atoms with Gasteiger partial charge in [0.15, 0.2) is 5.82 Å². The minimum absolute atomic E-state index is 0.690. The number of rotatable bonds is 3. The summed E-state index contributed by atoms with van der Waals surface area (Å²) in [7, 11) is 0. The topological polar surface area (TPSA) is 38.7 Å². The molecule has 2 heterocycles. The quantitative estimate of drug-likeness (QED) is 0.249. The van der Waals surface area contributed by atoms with Crippen molar-refractivity contribution in [2.75, 3.05) is 0 Å². The van der Waals surface area contributed by atoms with E-state index in [1.54, 1.807) is 12.4 Å². The number of benzene rings is 5. The van der Waals surface area contributed by atoms with Crippen molar-refractivity contribution in [3.8, 4) is 33.9 Å². The van der Waals surface area contributed by atoms with Crippen molar-refractivity contribution in [2.45, 2.75) is 0 Å². The van der Waals surface area contributed by atoms with Gasteiger partial charge in [-0.1, -0.05) is 84.9 Å². The highest BCUT2D eigenvalue weighted by Gasteiger charge is 2.14. The molecule has 0 saturated heterocycles. The van der Waals surface area contributed by atoms with Gasteiger partial charge in [-0.15, -0.1) is 0 Å². The van der Waals surface area contributed by atoms with E-state index in [0.717, 1.165) is 28.1 Å². The van der Waals surface area contributed by atoms with E-state index < -0.39 is 0 Å². The molecular weight excluding hydrogens is 438 g/mol. The molecule has 168 valence electrons. The van der Waals surface area contributed by atoms with Crippen LogP contribution in [0.5, 0.6) is 0 Å². The van der Waals surface area contributed by atoms with Crippen LogP contribution in [-0.4, -0.2) is 15.0 Å². The minimum atomic E-state index is 0.690. The average Bonchev–Trinajstić information content (AvgIpc) is 2.95. The summed E-state index contributed by atoms with van der Waals surface area (Å²) in [6, 6.07) is 40.3. The first-order valence-electron chi connectivity index (χ1n) is 12.0. The van der Waals surface area contributed by atoms with Crippen molar-refractivity contribution in [1.82, 2.24) is 15.0 Å². The van der Waals surface area contributed by atoms with Crippen molar-refractivity contribution in [3.05, 3.63) is 128 Å². The zero-order chi connectivity index (χ0) is 23.9. The summed E-state index contributed by atoms with van der Waals surface area (Å²) in [6.07, 6.45) is 3.57. The van der Waals surface area contributed by atoms with Crippen molar-refractivity contribution < 1.29 is 0 Å². The smallest absolute Gasteiger partial charge is 0.160 e. The molecule has 36 heavy (non-hydrogen) atoms. The molecule has 0 amide bonds. The number of aromatic nitrogens is 3. The van der Waals surface area contributed by atoms with Gasteiger partial charge in [0.1, 0.15) is 0 Å². The predicted octanol–water partition coefficient (Wildman–Crippen LogP) is 8.33. The Morgan fingerprint density at radius 2 is 1.00 bits per heavy atom. The molecule has 0 unspecified atom stereocenters. The predicted molar refractivity (Wildman–Crippen MR) is 149 cm³/mol. The third kappa shape index (κ3) is 3.50. The highest BCUT2D eigenvalue weighted by Crippen LogP contribution is 2.35. The van der Waals surface area contributed by atoms with E-state index in [1.807, 2.05) is 12.1 Å².